The van der Waals surface area contributed by atoms with Gasteiger partial charge in [0.25, 0.3) is 5.91 Å². The highest BCUT2D eigenvalue weighted by Crippen LogP contribution is 2.27. The summed E-state index contributed by atoms with van der Waals surface area (Å²) in [6.07, 6.45) is -0.129. The molecule has 3 N–H and O–H groups in total. The van der Waals surface area contributed by atoms with Gasteiger partial charge in [0.15, 0.2) is 0 Å². The van der Waals surface area contributed by atoms with Crippen molar-refractivity contribution in [2.75, 3.05) is 44.5 Å². The first kappa shape index (κ1) is 26.1. The van der Waals surface area contributed by atoms with Gasteiger partial charge in [-0.3, -0.25) is 4.79 Å². The van der Waals surface area contributed by atoms with Gasteiger partial charge in [0.2, 0.25) is 0 Å². The third kappa shape index (κ3) is 6.76. The van der Waals surface area contributed by atoms with Gasteiger partial charge in [-0.1, -0.05) is 30.1 Å². The second-order valence-electron chi connectivity index (χ2n) is 8.48. The highest BCUT2D eigenvalue weighted by atomic mass is 35.5. The van der Waals surface area contributed by atoms with E-state index in [-0.39, 0.29) is 24.0 Å². The lowest BCUT2D eigenvalue weighted by molar-refractivity contribution is 0.0281. The summed E-state index contributed by atoms with van der Waals surface area (Å²) in [5.41, 5.74) is 1.28. The number of nitrogens with zero attached hydrogens (tertiary/aromatic N) is 1. The Balaban J connectivity index is 1.82. The van der Waals surface area contributed by atoms with Crippen LogP contribution in [0.1, 0.15) is 24.2 Å². The summed E-state index contributed by atoms with van der Waals surface area (Å²) in [5.74, 6) is 0.419. The molecule has 184 valence electrons. The number of ether oxygens (including phenoxy) is 2. The number of urea groups is 1. The van der Waals surface area contributed by atoms with Crippen LogP contribution in [0.3, 0.4) is 0 Å². The number of halogens is 2. The molecule has 2 aromatic carbocycles. The molecule has 0 spiro atoms. The molecule has 0 bridgehead atoms. The van der Waals surface area contributed by atoms with Crippen LogP contribution in [0.5, 0.6) is 5.75 Å². The van der Waals surface area contributed by atoms with Gasteiger partial charge >= 0.3 is 6.03 Å². The lowest BCUT2D eigenvalue weighted by Gasteiger charge is -2.30. The Morgan fingerprint density at radius 1 is 1.12 bits per heavy atom. The standard InChI is InChI=1S/C24H30Cl2N4O4/c1-14-11-27-15(2)13-34-21-8-6-16(9-18(21)23(31)30(3)12-22(14)33-4)28-24(32)29-17-5-7-19(25)20(26)10-17/h5-10,14-15,22,27H,11-13H2,1-4H3,(H2,28,29,32)/t14-,15+,22+/m1/s1. The number of anilines is 2. The Labute approximate surface area is 209 Å². The van der Waals surface area contributed by atoms with Crippen LogP contribution in [-0.4, -0.2) is 62.8 Å². The molecule has 0 aromatic heterocycles. The molecule has 1 aliphatic rings. The van der Waals surface area contributed by atoms with Gasteiger partial charge in [-0.25, -0.2) is 4.79 Å². The number of hydrogen-bond acceptors (Lipinski definition) is 5. The molecule has 0 aliphatic carbocycles. The van der Waals surface area contributed by atoms with Crippen molar-refractivity contribution in [3.8, 4) is 5.75 Å². The summed E-state index contributed by atoms with van der Waals surface area (Å²) >= 11 is 11.9. The maximum atomic E-state index is 13.3. The van der Waals surface area contributed by atoms with Crippen LogP contribution in [0.15, 0.2) is 36.4 Å². The van der Waals surface area contributed by atoms with Crippen molar-refractivity contribution in [1.29, 1.82) is 0 Å². The first-order valence-electron chi connectivity index (χ1n) is 11.0. The van der Waals surface area contributed by atoms with Gasteiger partial charge in [0.05, 0.1) is 21.7 Å². The Kier molecular flexibility index (Phi) is 9.02. The molecule has 10 heteroatoms. The smallest absolute Gasteiger partial charge is 0.323 e. The minimum atomic E-state index is -0.487. The van der Waals surface area contributed by atoms with E-state index in [1.165, 1.54) is 0 Å². The van der Waals surface area contributed by atoms with Gasteiger partial charge in [-0.2, -0.15) is 0 Å². The summed E-state index contributed by atoms with van der Waals surface area (Å²) in [6, 6.07) is 9.36. The molecular weight excluding hydrogens is 479 g/mol. The van der Waals surface area contributed by atoms with Crippen molar-refractivity contribution in [1.82, 2.24) is 10.2 Å². The van der Waals surface area contributed by atoms with E-state index in [0.29, 0.717) is 45.9 Å². The third-order valence-electron chi connectivity index (χ3n) is 5.66. The molecule has 0 unspecified atom stereocenters. The molecule has 34 heavy (non-hydrogen) atoms. The number of methoxy groups -OCH3 is 1. The first-order chi connectivity index (χ1) is 16.2. The van der Waals surface area contributed by atoms with Gasteiger partial charge in [0, 0.05) is 44.7 Å². The minimum absolute atomic E-state index is 0.0786. The van der Waals surface area contributed by atoms with E-state index in [4.69, 9.17) is 32.7 Å². The number of carbonyl (C=O) groups is 2. The molecule has 1 aliphatic heterocycles. The van der Waals surface area contributed by atoms with Crippen LogP contribution in [-0.2, 0) is 4.74 Å². The van der Waals surface area contributed by atoms with Crippen LogP contribution in [0.2, 0.25) is 10.0 Å². The monoisotopic (exact) mass is 508 g/mol. The number of fused-ring (bicyclic) bond motifs is 1. The zero-order chi connectivity index (χ0) is 24.8. The van der Waals surface area contributed by atoms with E-state index >= 15 is 0 Å². The van der Waals surface area contributed by atoms with Crippen LogP contribution in [0, 0.1) is 5.92 Å². The van der Waals surface area contributed by atoms with Crippen molar-refractivity contribution in [2.24, 2.45) is 5.92 Å². The fourth-order valence-electron chi connectivity index (χ4n) is 3.61. The second kappa shape index (κ2) is 11.8. The normalized spacial score (nSPS) is 21.5. The molecule has 1 heterocycles. The van der Waals surface area contributed by atoms with Crippen molar-refractivity contribution in [3.05, 3.63) is 52.0 Å². The molecule has 3 rings (SSSR count). The van der Waals surface area contributed by atoms with E-state index in [9.17, 15) is 9.59 Å². The molecule has 0 fully saturated rings. The number of rotatable bonds is 3. The topological polar surface area (TPSA) is 91.9 Å². The predicted octanol–water partition coefficient (Wildman–Crippen LogP) is 4.73. The van der Waals surface area contributed by atoms with Gasteiger partial charge in [0.1, 0.15) is 12.4 Å². The van der Waals surface area contributed by atoms with E-state index in [1.54, 1.807) is 55.5 Å². The summed E-state index contributed by atoms with van der Waals surface area (Å²) in [4.78, 5) is 27.4. The molecule has 0 saturated heterocycles. The summed E-state index contributed by atoms with van der Waals surface area (Å²) in [5, 5.41) is 9.61. The van der Waals surface area contributed by atoms with Crippen molar-refractivity contribution in [2.45, 2.75) is 26.0 Å². The average Bonchev–Trinajstić information content (AvgIpc) is 2.81. The maximum Gasteiger partial charge on any atom is 0.323 e. The zero-order valence-corrected chi connectivity index (χ0v) is 21.2. The first-order valence-corrected chi connectivity index (χ1v) is 11.7. The summed E-state index contributed by atoms with van der Waals surface area (Å²) < 4.78 is 11.6. The van der Waals surface area contributed by atoms with Crippen LogP contribution in [0.25, 0.3) is 0 Å². The number of likely N-dealkylation sites (N-methyl/N-ethyl adjacent to an activating group) is 1. The Morgan fingerprint density at radius 2 is 1.79 bits per heavy atom. The van der Waals surface area contributed by atoms with Crippen molar-refractivity contribution >= 4 is 46.5 Å². The maximum absolute atomic E-state index is 13.3. The molecule has 8 nitrogen and oxygen atoms in total. The Hall–Kier alpha value is -2.52. The van der Waals surface area contributed by atoms with Crippen LogP contribution in [0.4, 0.5) is 16.2 Å². The van der Waals surface area contributed by atoms with Crippen LogP contribution < -0.4 is 20.7 Å². The Bertz CT molecular complexity index is 1040. The fraction of sp³-hybridized carbons (Fsp3) is 0.417. The number of amides is 3. The minimum Gasteiger partial charge on any atom is -0.491 e. The largest absolute Gasteiger partial charge is 0.491 e. The molecule has 3 amide bonds. The number of benzene rings is 2. The molecule has 2 aromatic rings. The quantitative estimate of drug-likeness (QED) is 0.557. The third-order valence-corrected chi connectivity index (χ3v) is 6.40. The zero-order valence-electron chi connectivity index (χ0n) is 19.7. The van der Waals surface area contributed by atoms with Gasteiger partial charge in [-0.05, 0) is 49.2 Å². The van der Waals surface area contributed by atoms with Crippen LogP contribution >= 0.6 is 23.2 Å². The average molecular weight is 509 g/mol. The molecule has 0 radical (unpaired) electrons. The highest BCUT2D eigenvalue weighted by molar-refractivity contribution is 6.42. The van der Waals surface area contributed by atoms with Gasteiger partial charge in [-0.15, -0.1) is 0 Å². The van der Waals surface area contributed by atoms with Crippen molar-refractivity contribution in [3.63, 3.8) is 0 Å². The van der Waals surface area contributed by atoms with Gasteiger partial charge < -0.3 is 30.3 Å². The SMILES string of the molecule is CO[C@H]1CN(C)C(=O)c2cc(NC(=O)Nc3ccc(Cl)c(Cl)c3)ccc2OC[C@H](C)NC[C@H]1C. The van der Waals surface area contributed by atoms with E-state index in [0.717, 1.165) is 6.54 Å². The van der Waals surface area contributed by atoms with E-state index in [2.05, 4.69) is 22.9 Å². The predicted molar refractivity (Wildman–Crippen MR) is 135 cm³/mol. The highest BCUT2D eigenvalue weighted by Gasteiger charge is 2.25. The number of hydrogen-bond donors (Lipinski definition) is 3. The molecular formula is C24H30Cl2N4O4. The number of nitrogens with one attached hydrogen (secondary N) is 3. The summed E-state index contributed by atoms with van der Waals surface area (Å²) in [7, 11) is 3.38. The van der Waals surface area contributed by atoms with E-state index < -0.39 is 6.03 Å². The second-order valence-corrected chi connectivity index (χ2v) is 9.29. The molecule has 3 atom stereocenters. The van der Waals surface area contributed by atoms with Crippen molar-refractivity contribution < 1.29 is 19.1 Å². The Morgan fingerprint density at radius 3 is 2.47 bits per heavy atom. The lowest BCUT2D eigenvalue weighted by Crippen LogP contribution is -2.44. The fourth-order valence-corrected chi connectivity index (χ4v) is 3.90. The summed E-state index contributed by atoms with van der Waals surface area (Å²) in [6.45, 7) is 5.66. The molecule has 0 saturated carbocycles. The van der Waals surface area contributed by atoms with E-state index in [1.807, 2.05) is 6.92 Å². The number of carbonyl (C=O) groups excluding carboxylic acids is 2. The lowest BCUT2D eigenvalue weighted by atomic mass is 10.0.